The fraction of sp³-hybridized carbons (Fsp3) is 0.618. The fourth-order valence-corrected chi connectivity index (χ4v) is 6.28. The number of carbonyl (C=O) groups excluding carboxylic acids is 1. The topological polar surface area (TPSA) is 129 Å². The maximum atomic E-state index is 13.9. The summed E-state index contributed by atoms with van der Waals surface area (Å²) in [5, 5.41) is 40.3. The summed E-state index contributed by atoms with van der Waals surface area (Å²) in [6.45, 7) is 10.6. The van der Waals surface area contributed by atoms with Crippen LogP contribution in [-0.4, -0.2) is 94.3 Å². The van der Waals surface area contributed by atoms with E-state index < -0.39 is 42.7 Å². The van der Waals surface area contributed by atoms with Gasteiger partial charge in [-0.25, -0.2) is 0 Å². The summed E-state index contributed by atoms with van der Waals surface area (Å²) in [6, 6.07) is 17.6. The van der Waals surface area contributed by atoms with E-state index in [1.807, 2.05) is 69.6 Å². The van der Waals surface area contributed by atoms with Crippen molar-refractivity contribution in [2.24, 2.45) is 17.3 Å². The van der Waals surface area contributed by atoms with E-state index >= 15 is 0 Å². The number of aliphatic hydroxyl groups is 4. The van der Waals surface area contributed by atoms with Crippen LogP contribution in [0.3, 0.4) is 0 Å². The monoisotopic (exact) mass is 633 g/mol. The van der Waals surface area contributed by atoms with Gasteiger partial charge in [-0.15, -0.1) is 0 Å². The van der Waals surface area contributed by atoms with Crippen molar-refractivity contribution in [3.05, 3.63) is 60.2 Å². The number of benzene rings is 2. The summed E-state index contributed by atoms with van der Waals surface area (Å²) in [4.78, 5) is 13.9. The van der Waals surface area contributed by atoms with Crippen molar-refractivity contribution in [1.82, 2.24) is 4.31 Å². The molecule has 10 heteroatoms. The molecule has 1 fully saturated rings. The van der Waals surface area contributed by atoms with Gasteiger partial charge in [0.25, 0.3) is 0 Å². The van der Waals surface area contributed by atoms with E-state index in [0.717, 1.165) is 17.1 Å². The molecule has 1 aliphatic heterocycles. The number of aliphatic hydroxyl groups excluding tert-OH is 4. The first-order chi connectivity index (χ1) is 20.7. The van der Waals surface area contributed by atoms with Crippen LogP contribution in [0.2, 0.25) is 0 Å². The Morgan fingerprint density at radius 1 is 0.977 bits per heavy atom. The number of Topliss-reactive ketones (excluding diaryl/α,β-unsaturated/α-hetero) is 1. The normalized spacial score (nSPS) is 24.2. The van der Waals surface area contributed by atoms with Crippen molar-refractivity contribution < 1.29 is 39.4 Å². The van der Waals surface area contributed by atoms with Gasteiger partial charge in [0.1, 0.15) is 41.7 Å². The summed E-state index contributed by atoms with van der Waals surface area (Å²) in [5.41, 5.74) is 0.170. The molecule has 0 saturated carbocycles. The van der Waals surface area contributed by atoms with E-state index in [2.05, 4.69) is 37.2 Å². The lowest BCUT2D eigenvalue weighted by Gasteiger charge is -2.40. The largest absolute Gasteiger partial charge is 0.457 e. The van der Waals surface area contributed by atoms with Gasteiger partial charge in [0, 0.05) is 18.4 Å². The van der Waals surface area contributed by atoms with Gasteiger partial charge in [0.15, 0.2) is 6.29 Å². The lowest BCUT2D eigenvalue weighted by atomic mass is 9.68. The number of para-hydroxylation sites is 1. The molecule has 4 N–H and O–H groups in total. The van der Waals surface area contributed by atoms with Crippen LogP contribution in [0.5, 0.6) is 11.5 Å². The Kier molecular flexibility index (Phi) is 13.3. The highest BCUT2D eigenvalue weighted by atomic mass is 32.2. The highest BCUT2D eigenvalue weighted by Crippen LogP contribution is 2.40. The molecular formula is C34H51NO8S. The Balaban J connectivity index is 1.69. The molecule has 9 nitrogen and oxygen atoms in total. The molecule has 6 unspecified atom stereocenters. The summed E-state index contributed by atoms with van der Waals surface area (Å²) < 4.78 is 19.5. The van der Waals surface area contributed by atoms with E-state index in [0.29, 0.717) is 13.0 Å². The van der Waals surface area contributed by atoms with Crippen molar-refractivity contribution in [3.8, 4) is 11.5 Å². The first-order valence-corrected chi connectivity index (χ1v) is 16.4. The second-order valence-electron chi connectivity index (χ2n) is 13.3. The molecule has 2 aromatic rings. The fourth-order valence-electron chi connectivity index (χ4n) is 5.90. The molecule has 1 aliphatic rings. The Morgan fingerprint density at radius 3 is 2.18 bits per heavy atom. The number of carbonyl (C=O) groups is 1. The quantitative estimate of drug-likeness (QED) is 0.197. The van der Waals surface area contributed by atoms with Gasteiger partial charge < -0.3 is 34.6 Å². The van der Waals surface area contributed by atoms with Gasteiger partial charge >= 0.3 is 0 Å². The van der Waals surface area contributed by atoms with E-state index in [9.17, 15) is 25.2 Å². The number of hydrogen-bond donors (Lipinski definition) is 4. The summed E-state index contributed by atoms with van der Waals surface area (Å²) in [5.74, 6) is 1.48. The van der Waals surface area contributed by atoms with Crippen LogP contribution in [0, 0.1) is 17.3 Å². The highest BCUT2D eigenvalue weighted by molar-refractivity contribution is 7.96. The lowest BCUT2D eigenvalue weighted by Crippen LogP contribution is -2.59. The molecule has 246 valence electrons. The van der Waals surface area contributed by atoms with Crippen molar-refractivity contribution in [2.45, 2.75) is 83.6 Å². The molecule has 7 atom stereocenters. The zero-order valence-electron chi connectivity index (χ0n) is 27.1. The average molecular weight is 634 g/mol. The number of ether oxygens (including phenoxy) is 3. The van der Waals surface area contributed by atoms with Crippen LogP contribution in [0.25, 0.3) is 0 Å². The van der Waals surface area contributed by atoms with E-state index in [1.54, 1.807) is 11.9 Å². The van der Waals surface area contributed by atoms with Crippen molar-refractivity contribution in [3.63, 3.8) is 0 Å². The van der Waals surface area contributed by atoms with Crippen LogP contribution in [-0.2, 0) is 19.7 Å². The van der Waals surface area contributed by atoms with Crippen molar-refractivity contribution >= 4 is 17.7 Å². The van der Waals surface area contributed by atoms with Crippen LogP contribution in [0.1, 0.15) is 53.0 Å². The Bertz CT molecular complexity index is 1160. The van der Waals surface area contributed by atoms with Gasteiger partial charge in [0.05, 0.1) is 13.2 Å². The summed E-state index contributed by atoms with van der Waals surface area (Å²) in [7, 11) is 1.99. The number of nitrogens with zero attached hydrogens (tertiary/aromatic N) is 1. The minimum absolute atomic E-state index is 0.0576. The molecule has 0 bridgehead atoms. The molecule has 0 amide bonds. The second-order valence-corrected chi connectivity index (χ2v) is 14.3. The molecule has 2 aromatic carbocycles. The maximum absolute atomic E-state index is 13.9. The SMILES string of the molecule is CSN(C)CC(C)[C@H](COC1OC(CO)C(O)C(O)C1O)CC(=O)C(C)(C)CC(C)(C)c1ccc(Oc2ccccc2)cc1. The summed E-state index contributed by atoms with van der Waals surface area (Å²) >= 11 is 1.60. The first kappa shape index (κ1) is 36.4. The standard InChI is InChI=1S/C34H51NO8S/c1-22(18-35(6)44-7)23(20-41-32-31(40)30(39)29(38)27(19-36)43-32)17-28(37)34(4,5)21-33(2,3)24-13-15-26(16-14-24)42-25-11-9-8-10-12-25/h8-16,22-23,27,29-32,36,38-40H,17-21H2,1-7H3/t22?,23-,27?,29?,30?,31?,32?/m0/s1. The van der Waals surface area contributed by atoms with E-state index in [1.165, 1.54) is 0 Å². The van der Waals surface area contributed by atoms with Gasteiger partial charge in [-0.2, -0.15) is 0 Å². The smallest absolute Gasteiger partial charge is 0.186 e. The Morgan fingerprint density at radius 2 is 1.59 bits per heavy atom. The maximum Gasteiger partial charge on any atom is 0.186 e. The van der Waals surface area contributed by atoms with Gasteiger partial charge in [-0.1, -0.05) is 76.9 Å². The van der Waals surface area contributed by atoms with Crippen LogP contribution in [0.4, 0.5) is 0 Å². The molecule has 1 heterocycles. The van der Waals surface area contributed by atoms with Gasteiger partial charge in [-0.3, -0.25) is 9.10 Å². The molecule has 1 saturated heterocycles. The lowest BCUT2D eigenvalue weighted by molar-refractivity contribution is -0.303. The molecule has 3 rings (SSSR count). The van der Waals surface area contributed by atoms with Gasteiger partial charge in [0.2, 0.25) is 0 Å². The summed E-state index contributed by atoms with van der Waals surface area (Å²) in [6.07, 6.45) is -3.90. The van der Waals surface area contributed by atoms with Crippen LogP contribution >= 0.6 is 11.9 Å². The predicted octanol–water partition coefficient (Wildman–Crippen LogP) is 4.41. The Hall–Kier alpha value is -2.02. The minimum atomic E-state index is -1.52. The molecule has 0 spiro atoms. The molecule has 44 heavy (non-hydrogen) atoms. The predicted molar refractivity (Wildman–Crippen MR) is 173 cm³/mol. The molecule has 0 aromatic heterocycles. The second kappa shape index (κ2) is 16.0. The van der Waals surface area contributed by atoms with Crippen LogP contribution < -0.4 is 4.74 Å². The molecule has 0 aliphatic carbocycles. The highest BCUT2D eigenvalue weighted by Gasteiger charge is 2.44. The van der Waals surface area contributed by atoms with Crippen molar-refractivity contribution in [1.29, 1.82) is 0 Å². The van der Waals surface area contributed by atoms with E-state index in [4.69, 9.17) is 14.2 Å². The zero-order chi connectivity index (χ0) is 32.7. The average Bonchev–Trinajstić information content (AvgIpc) is 2.98. The third kappa shape index (κ3) is 9.74. The minimum Gasteiger partial charge on any atom is -0.457 e. The number of ketones is 1. The molecular weight excluding hydrogens is 582 g/mol. The number of rotatable bonds is 16. The third-order valence-electron chi connectivity index (χ3n) is 8.69. The molecule has 0 radical (unpaired) electrons. The number of hydrogen-bond acceptors (Lipinski definition) is 10. The van der Waals surface area contributed by atoms with Gasteiger partial charge in [-0.05, 0) is 66.8 Å². The van der Waals surface area contributed by atoms with Crippen molar-refractivity contribution in [2.75, 3.05) is 33.1 Å². The van der Waals surface area contributed by atoms with Crippen LogP contribution in [0.15, 0.2) is 54.6 Å². The third-order valence-corrected chi connectivity index (χ3v) is 9.46. The van der Waals surface area contributed by atoms with E-state index in [-0.39, 0.29) is 36.1 Å². The first-order valence-electron chi connectivity index (χ1n) is 15.2. The zero-order valence-corrected chi connectivity index (χ0v) is 27.9. The Labute approximate surface area is 266 Å².